The molecule has 1 aromatic heterocycles. The molecular weight excluding hydrogens is 294 g/mol. The molecule has 5 nitrogen and oxygen atoms in total. The summed E-state index contributed by atoms with van der Waals surface area (Å²) in [5, 5.41) is 17.8. The molecule has 0 fully saturated rings. The zero-order valence-corrected chi connectivity index (χ0v) is 12.1. The van der Waals surface area contributed by atoms with Crippen LogP contribution in [0.2, 0.25) is 0 Å². The fourth-order valence-corrected chi connectivity index (χ4v) is 4.11. The highest BCUT2D eigenvalue weighted by molar-refractivity contribution is 7.94. The first-order valence-electron chi connectivity index (χ1n) is 5.48. The third kappa shape index (κ3) is 2.37. The highest BCUT2D eigenvalue weighted by Gasteiger charge is 2.24. The summed E-state index contributed by atoms with van der Waals surface area (Å²) in [5.74, 6) is 0. The minimum atomic E-state index is -3.76. The number of nitriles is 2. The van der Waals surface area contributed by atoms with Crippen molar-refractivity contribution in [3.63, 3.8) is 0 Å². The summed E-state index contributed by atoms with van der Waals surface area (Å²) in [4.78, 5) is 0.325. The van der Waals surface area contributed by atoms with Gasteiger partial charge in [0.1, 0.15) is 21.2 Å². The van der Waals surface area contributed by atoms with Gasteiger partial charge in [0.15, 0.2) is 0 Å². The van der Waals surface area contributed by atoms with Gasteiger partial charge in [-0.25, -0.2) is 8.42 Å². The topological polar surface area (TPSA) is 85.0 Å². The minimum Gasteiger partial charge on any atom is -0.267 e. The molecule has 7 heteroatoms. The molecule has 0 aliphatic carbocycles. The highest BCUT2D eigenvalue weighted by Crippen LogP contribution is 2.28. The van der Waals surface area contributed by atoms with E-state index in [1.165, 1.54) is 19.2 Å². The standard InChI is InChI=1S/C13H9N3O2S2/c1-16(12-5-3-2-4-10(12)8-14)20(17,18)13-7-6-11(9-15)19-13/h2-7H,1H3. The van der Waals surface area contributed by atoms with Crippen LogP contribution in [0, 0.1) is 22.7 Å². The predicted octanol–water partition coefficient (Wildman–Crippen LogP) is 2.32. The maximum Gasteiger partial charge on any atom is 0.273 e. The summed E-state index contributed by atoms with van der Waals surface area (Å²) in [7, 11) is -2.38. The first-order valence-corrected chi connectivity index (χ1v) is 7.74. The molecule has 2 aromatic rings. The summed E-state index contributed by atoms with van der Waals surface area (Å²) in [5.41, 5.74) is 0.581. The van der Waals surface area contributed by atoms with E-state index in [2.05, 4.69) is 0 Å². The average molecular weight is 303 g/mol. The maximum atomic E-state index is 12.4. The van der Waals surface area contributed by atoms with E-state index in [4.69, 9.17) is 10.5 Å². The van der Waals surface area contributed by atoms with Gasteiger partial charge >= 0.3 is 0 Å². The quantitative estimate of drug-likeness (QED) is 0.871. The third-order valence-electron chi connectivity index (χ3n) is 2.67. The van der Waals surface area contributed by atoms with E-state index in [1.807, 2.05) is 12.1 Å². The molecule has 0 saturated carbocycles. The molecule has 0 amide bonds. The number of hydrogen-bond acceptors (Lipinski definition) is 5. The van der Waals surface area contributed by atoms with E-state index in [0.29, 0.717) is 10.6 Å². The van der Waals surface area contributed by atoms with Crippen LogP contribution in [0.5, 0.6) is 0 Å². The summed E-state index contributed by atoms with van der Waals surface area (Å²) in [6, 6.07) is 13.2. The van der Waals surface area contributed by atoms with Gasteiger partial charge in [0.25, 0.3) is 10.0 Å². The third-order valence-corrected chi connectivity index (χ3v) is 5.90. The molecule has 20 heavy (non-hydrogen) atoms. The van der Waals surface area contributed by atoms with E-state index in [0.717, 1.165) is 15.6 Å². The second-order valence-electron chi connectivity index (χ2n) is 3.83. The number of thiophene rings is 1. The lowest BCUT2D eigenvalue weighted by atomic mass is 10.2. The van der Waals surface area contributed by atoms with Gasteiger partial charge in [-0.1, -0.05) is 12.1 Å². The maximum absolute atomic E-state index is 12.4. The lowest BCUT2D eigenvalue weighted by molar-refractivity contribution is 0.596. The molecule has 0 saturated heterocycles. The SMILES string of the molecule is CN(c1ccccc1C#N)S(=O)(=O)c1ccc(C#N)s1. The van der Waals surface area contributed by atoms with Crippen molar-refractivity contribution in [3.05, 3.63) is 46.8 Å². The first kappa shape index (κ1) is 14.1. The molecule has 0 spiro atoms. The Morgan fingerprint density at radius 2 is 1.80 bits per heavy atom. The molecule has 1 heterocycles. The van der Waals surface area contributed by atoms with Gasteiger partial charge in [0.05, 0.1) is 11.3 Å². The number of hydrogen-bond donors (Lipinski definition) is 0. The number of sulfonamides is 1. The van der Waals surface area contributed by atoms with Crippen LogP contribution in [0.4, 0.5) is 5.69 Å². The van der Waals surface area contributed by atoms with Crippen LogP contribution in [-0.2, 0) is 10.0 Å². The Morgan fingerprint density at radius 1 is 1.10 bits per heavy atom. The van der Waals surface area contributed by atoms with Crippen LogP contribution in [0.3, 0.4) is 0 Å². The number of anilines is 1. The monoisotopic (exact) mass is 303 g/mol. The van der Waals surface area contributed by atoms with Crippen molar-refractivity contribution in [1.82, 2.24) is 0 Å². The zero-order valence-electron chi connectivity index (χ0n) is 10.4. The normalized spacial score (nSPS) is 10.6. The fraction of sp³-hybridized carbons (Fsp3) is 0.0769. The van der Waals surface area contributed by atoms with Gasteiger partial charge in [0.2, 0.25) is 0 Å². The van der Waals surface area contributed by atoms with Crippen LogP contribution >= 0.6 is 11.3 Å². The summed E-state index contributed by atoms with van der Waals surface area (Å²) < 4.78 is 26.0. The van der Waals surface area contributed by atoms with Gasteiger partial charge in [0, 0.05) is 7.05 Å². The molecule has 0 aliphatic heterocycles. The van der Waals surface area contributed by atoms with Crippen molar-refractivity contribution in [2.24, 2.45) is 0 Å². The van der Waals surface area contributed by atoms with E-state index in [9.17, 15) is 8.42 Å². The number of nitrogens with zero attached hydrogens (tertiary/aromatic N) is 3. The van der Waals surface area contributed by atoms with Crippen LogP contribution in [0.15, 0.2) is 40.6 Å². The lowest BCUT2D eigenvalue weighted by Crippen LogP contribution is -2.26. The van der Waals surface area contributed by atoms with Crippen molar-refractivity contribution >= 4 is 27.0 Å². The lowest BCUT2D eigenvalue weighted by Gasteiger charge is -2.19. The van der Waals surface area contributed by atoms with Gasteiger partial charge in [-0.2, -0.15) is 10.5 Å². The number of para-hydroxylation sites is 1. The smallest absolute Gasteiger partial charge is 0.267 e. The van der Waals surface area contributed by atoms with Crippen molar-refractivity contribution in [2.75, 3.05) is 11.4 Å². The molecular formula is C13H9N3O2S2. The van der Waals surface area contributed by atoms with Gasteiger partial charge < -0.3 is 0 Å². The molecule has 0 radical (unpaired) electrons. The molecule has 0 aliphatic rings. The Kier molecular flexibility index (Phi) is 3.75. The van der Waals surface area contributed by atoms with Crippen molar-refractivity contribution in [3.8, 4) is 12.1 Å². The first-order chi connectivity index (χ1) is 9.50. The Morgan fingerprint density at radius 3 is 2.40 bits per heavy atom. The van der Waals surface area contributed by atoms with Crippen LogP contribution in [-0.4, -0.2) is 15.5 Å². The molecule has 0 atom stereocenters. The Bertz CT molecular complexity index is 826. The summed E-state index contributed by atoms with van der Waals surface area (Å²) in [6.07, 6.45) is 0. The number of rotatable bonds is 3. The molecule has 2 rings (SSSR count). The van der Waals surface area contributed by atoms with E-state index in [-0.39, 0.29) is 9.77 Å². The Balaban J connectivity index is 2.50. The second-order valence-corrected chi connectivity index (χ2v) is 7.11. The number of benzene rings is 1. The van der Waals surface area contributed by atoms with E-state index >= 15 is 0 Å². The minimum absolute atomic E-state index is 0.0734. The predicted molar refractivity (Wildman–Crippen MR) is 75.8 cm³/mol. The van der Waals surface area contributed by atoms with Gasteiger partial charge in [-0.05, 0) is 24.3 Å². The van der Waals surface area contributed by atoms with Crippen molar-refractivity contribution < 1.29 is 8.42 Å². The summed E-state index contributed by atoms with van der Waals surface area (Å²) in [6.45, 7) is 0. The molecule has 0 N–H and O–H groups in total. The molecule has 100 valence electrons. The summed E-state index contributed by atoms with van der Waals surface area (Å²) >= 11 is 0.903. The molecule has 1 aromatic carbocycles. The van der Waals surface area contributed by atoms with Crippen LogP contribution in [0.1, 0.15) is 10.4 Å². The van der Waals surface area contributed by atoms with Crippen molar-refractivity contribution in [1.29, 1.82) is 10.5 Å². The van der Waals surface area contributed by atoms with Crippen molar-refractivity contribution in [2.45, 2.75) is 4.21 Å². The largest absolute Gasteiger partial charge is 0.273 e. The van der Waals surface area contributed by atoms with Gasteiger partial charge in [-0.3, -0.25) is 4.31 Å². The second kappa shape index (κ2) is 5.33. The Labute approximate surface area is 121 Å². The Hall–Kier alpha value is -2.35. The van der Waals surface area contributed by atoms with E-state index < -0.39 is 10.0 Å². The fourth-order valence-electron chi connectivity index (χ4n) is 1.63. The molecule has 0 bridgehead atoms. The van der Waals surface area contributed by atoms with Crippen LogP contribution < -0.4 is 4.31 Å². The van der Waals surface area contributed by atoms with E-state index in [1.54, 1.807) is 24.3 Å². The molecule has 0 unspecified atom stereocenters. The average Bonchev–Trinajstić information content (AvgIpc) is 2.96. The zero-order chi connectivity index (χ0) is 14.8. The highest BCUT2D eigenvalue weighted by atomic mass is 32.2. The van der Waals surface area contributed by atoms with Gasteiger partial charge in [-0.15, -0.1) is 11.3 Å². The van der Waals surface area contributed by atoms with Crippen LogP contribution in [0.25, 0.3) is 0 Å².